The molecule has 0 aromatic heterocycles. The van der Waals surface area contributed by atoms with E-state index in [9.17, 15) is 18.0 Å². The van der Waals surface area contributed by atoms with E-state index < -0.39 is 18.3 Å². The Bertz CT molecular complexity index is 662. The molecule has 0 aliphatic carbocycles. The van der Waals surface area contributed by atoms with Gasteiger partial charge in [-0.15, -0.1) is 0 Å². The number of anilines is 2. The highest BCUT2D eigenvalue weighted by Crippen LogP contribution is 2.22. The van der Waals surface area contributed by atoms with Crippen LogP contribution in [0.1, 0.15) is 10.4 Å². The number of hydrogen-bond acceptors (Lipinski definition) is 3. The van der Waals surface area contributed by atoms with Gasteiger partial charge < -0.3 is 15.8 Å². The van der Waals surface area contributed by atoms with Crippen molar-refractivity contribution in [3.8, 4) is 5.75 Å². The van der Waals surface area contributed by atoms with Crippen LogP contribution in [0.3, 0.4) is 0 Å². The predicted molar refractivity (Wildman–Crippen MR) is 71.8 cm³/mol. The van der Waals surface area contributed by atoms with Crippen LogP contribution in [0.5, 0.6) is 5.75 Å². The van der Waals surface area contributed by atoms with Gasteiger partial charge in [0.25, 0.3) is 5.91 Å². The predicted octanol–water partition coefficient (Wildman–Crippen LogP) is 3.26. The Balaban J connectivity index is 2.22. The summed E-state index contributed by atoms with van der Waals surface area (Å²) in [4.78, 5) is 12.0. The Morgan fingerprint density at radius 3 is 2.57 bits per heavy atom. The van der Waals surface area contributed by atoms with Crippen LogP contribution in [0.2, 0.25) is 0 Å². The number of alkyl halides is 2. The van der Waals surface area contributed by atoms with E-state index in [1.54, 1.807) is 0 Å². The molecule has 0 aliphatic heterocycles. The second-order valence-corrected chi connectivity index (χ2v) is 4.07. The Hall–Kier alpha value is -2.70. The number of amides is 1. The average molecular weight is 296 g/mol. The van der Waals surface area contributed by atoms with E-state index in [0.717, 1.165) is 6.07 Å². The van der Waals surface area contributed by atoms with Gasteiger partial charge in [-0.2, -0.15) is 8.78 Å². The summed E-state index contributed by atoms with van der Waals surface area (Å²) in [5.74, 6) is -1.54. The third kappa shape index (κ3) is 3.65. The minimum atomic E-state index is -3.04. The van der Waals surface area contributed by atoms with Gasteiger partial charge in [0.05, 0.1) is 11.3 Å². The van der Waals surface area contributed by atoms with E-state index in [2.05, 4.69) is 10.1 Å². The molecule has 0 unspecified atom stereocenters. The molecule has 0 saturated carbocycles. The van der Waals surface area contributed by atoms with Gasteiger partial charge >= 0.3 is 6.61 Å². The molecule has 0 spiro atoms. The molecule has 0 radical (unpaired) electrons. The van der Waals surface area contributed by atoms with Gasteiger partial charge in [-0.3, -0.25) is 4.79 Å². The van der Waals surface area contributed by atoms with Crippen molar-refractivity contribution in [3.63, 3.8) is 0 Å². The molecule has 7 heteroatoms. The molecule has 4 nitrogen and oxygen atoms in total. The minimum absolute atomic E-state index is 0.0688. The van der Waals surface area contributed by atoms with Crippen molar-refractivity contribution < 1.29 is 22.7 Å². The molecule has 2 rings (SSSR count). The molecule has 21 heavy (non-hydrogen) atoms. The fourth-order valence-electron chi connectivity index (χ4n) is 1.67. The largest absolute Gasteiger partial charge is 0.434 e. The lowest BCUT2D eigenvalue weighted by Crippen LogP contribution is -2.15. The van der Waals surface area contributed by atoms with Crippen molar-refractivity contribution in [1.29, 1.82) is 0 Å². The molecule has 1 amide bonds. The second kappa shape index (κ2) is 6.17. The minimum Gasteiger partial charge on any atom is -0.434 e. The van der Waals surface area contributed by atoms with Crippen LogP contribution in [-0.4, -0.2) is 12.5 Å². The van der Waals surface area contributed by atoms with E-state index in [1.165, 1.54) is 36.4 Å². The molecule has 110 valence electrons. The summed E-state index contributed by atoms with van der Waals surface area (Å²) >= 11 is 0. The normalized spacial score (nSPS) is 10.5. The maximum Gasteiger partial charge on any atom is 0.387 e. The first-order valence-electron chi connectivity index (χ1n) is 5.87. The van der Waals surface area contributed by atoms with Crippen LogP contribution in [0, 0.1) is 5.82 Å². The van der Waals surface area contributed by atoms with Gasteiger partial charge in [-0.1, -0.05) is 12.1 Å². The number of halogens is 3. The molecule has 2 aromatic rings. The quantitative estimate of drug-likeness (QED) is 0.851. The molecule has 2 aromatic carbocycles. The lowest BCUT2D eigenvalue weighted by atomic mass is 10.2. The van der Waals surface area contributed by atoms with Gasteiger partial charge in [0.15, 0.2) is 0 Å². The molecule has 3 N–H and O–H groups in total. The number of para-hydroxylation sites is 1. The van der Waals surface area contributed by atoms with Crippen molar-refractivity contribution >= 4 is 17.3 Å². The van der Waals surface area contributed by atoms with Gasteiger partial charge in [0, 0.05) is 5.69 Å². The Kier molecular flexibility index (Phi) is 4.32. The number of nitrogens with two attached hydrogens (primary N) is 1. The van der Waals surface area contributed by atoms with E-state index in [0.29, 0.717) is 0 Å². The van der Waals surface area contributed by atoms with Crippen LogP contribution >= 0.6 is 0 Å². The molecular formula is C14H11F3N2O2. The molecule has 0 heterocycles. The highest BCUT2D eigenvalue weighted by Gasteiger charge is 2.15. The Morgan fingerprint density at radius 2 is 1.90 bits per heavy atom. The molecule has 0 saturated heterocycles. The molecule has 0 bridgehead atoms. The van der Waals surface area contributed by atoms with Crippen molar-refractivity contribution in [2.75, 3.05) is 11.1 Å². The Morgan fingerprint density at radius 1 is 1.19 bits per heavy atom. The topological polar surface area (TPSA) is 64.3 Å². The van der Waals surface area contributed by atoms with Crippen LogP contribution in [0.15, 0.2) is 42.5 Å². The van der Waals surface area contributed by atoms with E-state index in [-0.39, 0.29) is 22.7 Å². The van der Waals surface area contributed by atoms with Crippen molar-refractivity contribution in [2.45, 2.75) is 6.61 Å². The number of nitrogen functional groups attached to an aromatic ring is 1. The van der Waals surface area contributed by atoms with Crippen molar-refractivity contribution in [3.05, 3.63) is 53.8 Å². The summed E-state index contributed by atoms with van der Waals surface area (Å²) in [6.07, 6.45) is 0. The number of nitrogens with one attached hydrogen (secondary N) is 1. The third-order valence-corrected chi connectivity index (χ3v) is 2.60. The first-order valence-corrected chi connectivity index (χ1v) is 5.87. The number of rotatable bonds is 4. The van der Waals surface area contributed by atoms with Gasteiger partial charge in [0.2, 0.25) is 0 Å². The first-order chi connectivity index (χ1) is 9.97. The van der Waals surface area contributed by atoms with Crippen molar-refractivity contribution in [1.82, 2.24) is 0 Å². The zero-order chi connectivity index (χ0) is 15.4. The summed E-state index contributed by atoms with van der Waals surface area (Å²) in [6, 6.07) is 9.17. The first kappa shape index (κ1) is 14.7. The Labute approximate surface area is 118 Å². The molecule has 0 atom stereocenters. The molecular weight excluding hydrogens is 285 g/mol. The van der Waals surface area contributed by atoms with Gasteiger partial charge in [0.1, 0.15) is 11.6 Å². The fraction of sp³-hybridized carbons (Fsp3) is 0.0714. The smallest absolute Gasteiger partial charge is 0.387 e. The van der Waals surface area contributed by atoms with Crippen molar-refractivity contribution in [2.24, 2.45) is 0 Å². The van der Waals surface area contributed by atoms with E-state index in [4.69, 9.17) is 5.73 Å². The number of carbonyl (C=O) groups is 1. The lowest BCUT2D eigenvalue weighted by molar-refractivity contribution is -0.0501. The van der Waals surface area contributed by atoms with E-state index in [1.807, 2.05) is 0 Å². The summed E-state index contributed by atoms with van der Waals surface area (Å²) in [6.45, 7) is -3.04. The monoisotopic (exact) mass is 296 g/mol. The molecule has 0 aliphatic rings. The van der Waals surface area contributed by atoms with Crippen LogP contribution in [0.4, 0.5) is 24.5 Å². The van der Waals surface area contributed by atoms with Gasteiger partial charge in [-0.25, -0.2) is 4.39 Å². The summed E-state index contributed by atoms with van der Waals surface area (Å²) in [5, 5.41) is 2.43. The number of ether oxygens (including phenoxy) is 1. The zero-order valence-electron chi connectivity index (χ0n) is 10.6. The summed E-state index contributed by atoms with van der Waals surface area (Å²) < 4.78 is 41.8. The summed E-state index contributed by atoms with van der Waals surface area (Å²) in [5.41, 5.74) is 5.42. The van der Waals surface area contributed by atoms with E-state index >= 15 is 0 Å². The van der Waals surface area contributed by atoms with Crippen LogP contribution < -0.4 is 15.8 Å². The third-order valence-electron chi connectivity index (χ3n) is 2.60. The SMILES string of the molecule is Nc1cc(NC(=O)c2ccccc2OC(F)F)ccc1F. The standard InChI is InChI=1S/C14H11F3N2O2/c15-10-6-5-8(7-11(10)18)19-13(20)9-3-1-2-4-12(9)21-14(16)17/h1-7,14H,18H2,(H,19,20). The number of carbonyl (C=O) groups excluding carboxylic acids is 1. The highest BCUT2D eigenvalue weighted by molar-refractivity contribution is 6.06. The van der Waals surface area contributed by atoms with Crippen LogP contribution in [-0.2, 0) is 0 Å². The fourth-order valence-corrected chi connectivity index (χ4v) is 1.67. The number of hydrogen-bond donors (Lipinski definition) is 2. The van der Waals surface area contributed by atoms with Crippen LogP contribution in [0.25, 0.3) is 0 Å². The summed E-state index contributed by atoms with van der Waals surface area (Å²) in [7, 11) is 0. The maximum absolute atomic E-state index is 13.0. The lowest BCUT2D eigenvalue weighted by Gasteiger charge is -2.11. The average Bonchev–Trinajstić information content (AvgIpc) is 2.43. The zero-order valence-corrected chi connectivity index (χ0v) is 10.6. The van der Waals surface area contributed by atoms with Gasteiger partial charge in [-0.05, 0) is 30.3 Å². The maximum atomic E-state index is 13.0. The second-order valence-electron chi connectivity index (χ2n) is 4.07. The molecule has 0 fully saturated rings. The number of benzene rings is 2. The highest BCUT2D eigenvalue weighted by atomic mass is 19.3.